The van der Waals surface area contributed by atoms with Crippen LogP contribution in [0, 0.1) is 25.5 Å². The molecule has 38 heavy (non-hydrogen) atoms. The Morgan fingerprint density at radius 1 is 1.08 bits per heavy atom. The van der Waals surface area contributed by atoms with Crippen molar-refractivity contribution in [2.24, 2.45) is 0 Å². The molecule has 5 aromatic rings. The van der Waals surface area contributed by atoms with Crippen LogP contribution in [0.5, 0.6) is 11.8 Å². The largest absolute Gasteiger partial charge is 0.421 e. The highest BCUT2D eigenvalue weighted by Crippen LogP contribution is 2.39. The second kappa shape index (κ2) is 9.69. The molecule has 0 spiro atoms. The molecule has 0 radical (unpaired) electrons. The standard InChI is InChI=1S/C27H21F2N7O2/c1-4-22(37)35-17-7-5-16(6-8-17)24-15(3)23-25(26(30)33-13-32-23)36(24)20-11-19(29)21(12-18(20)28)38-27-31-10-9-14(2)34-27/h4-13H,1H2,2-3H3,(H,35,37)(H2,30,32,33). The van der Waals surface area contributed by atoms with Gasteiger partial charge in [0.1, 0.15) is 11.8 Å². The summed E-state index contributed by atoms with van der Waals surface area (Å²) in [5.74, 6) is -2.27. The molecule has 9 nitrogen and oxygen atoms in total. The maximum Gasteiger partial charge on any atom is 0.322 e. The Labute approximate surface area is 215 Å². The van der Waals surface area contributed by atoms with Crippen LogP contribution >= 0.6 is 0 Å². The number of fused-ring (bicyclic) bond motifs is 1. The smallest absolute Gasteiger partial charge is 0.322 e. The van der Waals surface area contributed by atoms with E-state index in [9.17, 15) is 4.79 Å². The fourth-order valence-electron chi connectivity index (χ4n) is 4.11. The maximum atomic E-state index is 15.7. The van der Waals surface area contributed by atoms with Gasteiger partial charge in [-0.25, -0.2) is 28.7 Å². The van der Waals surface area contributed by atoms with E-state index >= 15 is 8.78 Å². The molecule has 5 rings (SSSR count). The normalized spacial score (nSPS) is 10.9. The highest BCUT2D eigenvalue weighted by molar-refractivity contribution is 5.99. The summed E-state index contributed by atoms with van der Waals surface area (Å²) in [4.78, 5) is 28.1. The third-order valence-corrected chi connectivity index (χ3v) is 5.84. The lowest BCUT2D eigenvalue weighted by atomic mass is 10.1. The van der Waals surface area contributed by atoms with Crippen LogP contribution in [0.4, 0.5) is 20.3 Å². The SMILES string of the molecule is C=CC(=O)Nc1ccc(-c2c(C)c3ncnc(N)c3n2-c2cc(F)c(Oc3nccc(C)n3)cc2F)cc1. The number of nitrogens with two attached hydrogens (primary N) is 1. The molecule has 1 amide bonds. The van der Waals surface area contributed by atoms with Crippen LogP contribution < -0.4 is 15.8 Å². The molecule has 11 heteroatoms. The Bertz CT molecular complexity index is 1720. The molecule has 0 atom stereocenters. The first kappa shape index (κ1) is 24.5. The highest BCUT2D eigenvalue weighted by atomic mass is 19.1. The van der Waals surface area contributed by atoms with E-state index in [0.717, 1.165) is 18.2 Å². The van der Waals surface area contributed by atoms with Crippen molar-refractivity contribution in [1.29, 1.82) is 0 Å². The van der Waals surface area contributed by atoms with Gasteiger partial charge in [0.2, 0.25) is 5.91 Å². The van der Waals surface area contributed by atoms with Crippen LogP contribution in [0.2, 0.25) is 0 Å². The van der Waals surface area contributed by atoms with E-state index in [-0.39, 0.29) is 29.2 Å². The van der Waals surface area contributed by atoms with Gasteiger partial charge < -0.3 is 20.4 Å². The van der Waals surface area contributed by atoms with Crippen molar-refractivity contribution in [3.63, 3.8) is 0 Å². The number of hydrogen-bond donors (Lipinski definition) is 2. The van der Waals surface area contributed by atoms with Gasteiger partial charge in [0, 0.05) is 35.3 Å². The van der Waals surface area contributed by atoms with Crippen molar-refractivity contribution in [2.75, 3.05) is 11.1 Å². The predicted octanol–water partition coefficient (Wildman–Crippen LogP) is 5.27. The lowest BCUT2D eigenvalue weighted by Gasteiger charge is -2.15. The second-order valence-electron chi connectivity index (χ2n) is 8.35. The van der Waals surface area contributed by atoms with E-state index in [1.165, 1.54) is 17.1 Å². The number of halogens is 2. The van der Waals surface area contributed by atoms with E-state index in [1.807, 2.05) is 0 Å². The van der Waals surface area contributed by atoms with Gasteiger partial charge in [-0.05, 0) is 43.7 Å². The highest BCUT2D eigenvalue weighted by Gasteiger charge is 2.24. The minimum absolute atomic E-state index is 0.0903. The predicted molar refractivity (Wildman–Crippen MR) is 139 cm³/mol. The van der Waals surface area contributed by atoms with Crippen molar-refractivity contribution < 1.29 is 18.3 Å². The van der Waals surface area contributed by atoms with Crippen LogP contribution in [0.3, 0.4) is 0 Å². The molecule has 0 unspecified atom stereocenters. The average molecular weight is 514 g/mol. The molecule has 3 N–H and O–H groups in total. The second-order valence-corrected chi connectivity index (χ2v) is 8.35. The van der Waals surface area contributed by atoms with Crippen LogP contribution in [0.25, 0.3) is 28.0 Å². The van der Waals surface area contributed by atoms with Crippen LogP contribution in [0.15, 0.2) is 67.6 Å². The first-order valence-electron chi connectivity index (χ1n) is 11.4. The molecular weight excluding hydrogens is 492 g/mol. The monoisotopic (exact) mass is 513 g/mol. The molecule has 0 aliphatic rings. The number of carbonyl (C=O) groups excluding carboxylic acids is 1. The molecule has 2 aromatic carbocycles. The Hall–Kier alpha value is -5.19. The average Bonchev–Trinajstić information content (AvgIpc) is 3.19. The summed E-state index contributed by atoms with van der Waals surface area (Å²) < 4.78 is 37.8. The molecule has 3 aromatic heterocycles. The summed E-state index contributed by atoms with van der Waals surface area (Å²) in [6.07, 6.45) is 3.92. The maximum absolute atomic E-state index is 15.7. The van der Waals surface area contributed by atoms with E-state index in [1.54, 1.807) is 44.2 Å². The minimum Gasteiger partial charge on any atom is -0.421 e. The fourth-order valence-corrected chi connectivity index (χ4v) is 4.11. The van der Waals surface area contributed by atoms with Crippen molar-refractivity contribution in [3.05, 3.63) is 90.5 Å². The van der Waals surface area contributed by atoms with E-state index in [2.05, 4.69) is 31.8 Å². The third-order valence-electron chi connectivity index (χ3n) is 5.84. The van der Waals surface area contributed by atoms with E-state index < -0.39 is 11.6 Å². The lowest BCUT2D eigenvalue weighted by molar-refractivity contribution is -0.111. The molecule has 3 heterocycles. The van der Waals surface area contributed by atoms with Gasteiger partial charge in [-0.15, -0.1) is 0 Å². The number of amides is 1. The summed E-state index contributed by atoms with van der Waals surface area (Å²) in [7, 11) is 0. The summed E-state index contributed by atoms with van der Waals surface area (Å²) in [5, 5.41) is 2.67. The lowest BCUT2D eigenvalue weighted by Crippen LogP contribution is -2.07. The van der Waals surface area contributed by atoms with E-state index in [4.69, 9.17) is 10.5 Å². The number of benzene rings is 2. The Morgan fingerprint density at radius 3 is 2.55 bits per heavy atom. The Balaban J connectivity index is 1.67. The molecular formula is C27H21F2N7O2. The van der Waals surface area contributed by atoms with Crippen molar-refractivity contribution in [1.82, 2.24) is 24.5 Å². The summed E-state index contributed by atoms with van der Waals surface area (Å²) in [5.41, 5.74) is 9.84. The van der Waals surface area contributed by atoms with Crippen LogP contribution in [0.1, 0.15) is 11.3 Å². The zero-order valence-electron chi connectivity index (χ0n) is 20.4. The summed E-state index contributed by atoms with van der Waals surface area (Å²) >= 11 is 0. The number of rotatable bonds is 6. The molecule has 190 valence electrons. The zero-order chi connectivity index (χ0) is 27.0. The van der Waals surface area contributed by atoms with Gasteiger partial charge in [-0.2, -0.15) is 0 Å². The number of aromatic nitrogens is 5. The summed E-state index contributed by atoms with van der Waals surface area (Å²) in [6.45, 7) is 6.96. The van der Waals surface area contributed by atoms with Gasteiger partial charge in [0.15, 0.2) is 23.2 Å². The topological polar surface area (TPSA) is 121 Å². The van der Waals surface area contributed by atoms with Gasteiger partial charge in [-0.3, -0.25) is 4.79 Å². The molecule has 0 aliphatic carbocycles. The number of nitrogen functional groups attached to an aromatic ring is 1. The summed E-state index contributed by atoms with van der Waals surface area (Å²) in [6, 6.07) is 10.3. The fraction of sp³-hybridized carbons (Fsp3) is 0.0741. The van der Waals surface area contributed by atoms with Crippen LogP contribution in [-0.4, -0.2) is 30.4 Å². The molecule has 0 aliphatic heterocycles. The van der Waals surface area contributed by atoms with Gasteiger partial charge in [-0.1, -0.05) is 18.7 Å². The van der Waals surface area contributed by atoms with Crippen LogP contribution in [-0.2, 0) is 4.79 Å². The Morgan fingerprint density at radius 2 is 1.84 bits per heavy atom. The number of nitrogens with one attached hydrogen (secondary N) is 1. The van der Waals surface area contributed by atoms with Gasteiger partial charge in [0.05, 0.1) is 16.9 Å². The number of carbonyl (C=O) groups is 1. The zero-order valence-corrected chi connectivity index (χ0v) is 20.4. The first-order chi connectivity index (χ1) is 18.3. The van der Waals surface area contributed by atoms with Gasteiger partial charge in [0.25, 0.3) is 0 Å². The van der Waals surface area contributed by atoms with E-state index in [0.29, 0.717) is 39.2 Å². The van der Waals surface area contributed by atoms with Crippen molar-refractivity contribution in [2.45, 2.75) is 13.8 Å². The Kier molecular flexibility index (Phi) is 6.25. The molecule has 0 saturated heterocycles. The number of ether oxygens (including phenoxy) is 1. The molecule has 0 bridgehead atoms. The number of nitrogens with zero attached hydrogens (tertiary/aromatic N) is 5. The quantitative estimate of drug-likeness (QED) is 0.297. The third kappa shape index (κ3) is 4.41. The van der Waals surface area contributed by atoms with Crippen molar-refractivity contribution in [3.8, 4) is 28.7 Å². The number of hydrogen-bond acceptors (Lipinski definition) is 7. The minimum atomic E-state index is -0.838. The van der Waals surface area contributed by atoms with Crippen molar-refractivity contribution >= 4 is 28.4 Å². The number of aryl methyl sites for hydroxylation is 2. The molecule has 0 fully saturated rings. The molecule has 0 saturated carbocycles. The van der Waals surface area contributed by atoms with Gasteiger partial charge >= 0.3 is 6.01 Å². The number of anilines is 2. The first-order valence-corrected chi connectivity index (χ1v) is 11.4.